The lowest BCUT2D eigenvalue weighted by Crippen LogP contribution is -2.02. The number of rotatable bonds is 6. The van der Waals surface area contributed by atoms with Crippen molar-refractivity contribution in [1.29, 1.82) is 0 Å². The van der Waals surface area contributed by atoms with Crippen LogP contribution in [0.5, 0.6) is 0 Å². The molecule has 31 heavy (non-hydrogen) atoms. The molecule has 154 valence electrons. The number of aryl methyl sites for hydroxylation is 1. The second-order valence-electron chi connectivity index (χ2n) is 7.00. The fraction of sp³-hybridized carbons (Fsp3) is 0.0800. The van der Waals surface area contributed by atoms with E-state index in [1.54, 1.807) is 10.9 Å². The Balaban J connectivity index is 1.63. The first-order valence-corrected chi connectivity index (χ1v) is 10.6. The Hall–Kier alpha value is -3.21. The number of hydrogen-bond acceptors (Lipinski definition) is 3. The molecule has 4 rings (SSSR count). The molecule has 3 aromatic carbocycles. The predicted octanol–water partition coefficient (Wildman–Crippen LogP) is 6.42. The highest BCUT2D eigenvalue weighted by atomic mass is 35.5. The fourth-order valence-corrected chi connectivity index (χ4v) is 3.61. The molecule has 0 saturated heterocycles. The highest BCUT2D eigenvalue weighted by Crippen LogP contribution is 2.20. The topological polar surface area (TPSA) is 42.5 Å². The molecule has 0 amide bonds. The van der Waals surface area contributed by atoms with Crippen LogP contribution in [0.4, 0.5) is 0 Å². The van der Waals surface area contributed by atoms with Gasteiger partial charge in [0.15, 0.2) is 0 Å². The van der Waals surface area contributed by atoms with Crippen molar-refractivity contribution in [2.75, 3.05) is 0 Å². The smallest absolute Gasteiger partial charge is 0.136 e. The number of halogens is 2. The molecule has 0 radical (unpaired) electrons. The maximum Gasteiger partial charge on any atom is 0.136 e. The fourth-order valence-electron chi connectivity index (χ4n) is 3.20. The number of aromatic nitrogens is 2. The summed E-state index contributed by atoms with van der Waals surface area (Å²) < 4.78 is 1.75. The van der Waals surface area contributed by atoms with Crippen LogP contribution in [0.15, 0.2) is 95.1 Å². The molecule has 0 N–H and O–H groups in total. The van der Waals surface area contributed by atoms with E-state index in [0.29, 0.717) is 16.7 Å². The Bertz CT molecular complexity index is 1170. The van der Waals surface area contributed by atoms with Gasteiger partial charge in [0.25, 0.3) is 0 Å². The zero-order valence-electron chi connectivity index (χ0n) is 16.9. The average Bonchev–Trinajstić information content (AvgIpc) is 3.06. The van der Waals surface area contributed by atoms with Crippen molar-refractivity contribution < 1.29 is 0 Å². The number of benzene rings is 3. The van der Waals surface area contributed by atoms with Crippen molar-refractivity contribution in [3.05, 3.63) is 123 Å². The molecule has 6 heteroatoms. The van der Waals surface area contributed by atoms with Crippen molar-refractivity contribution in [1.82, 2.24) is 9.78 Å². The van der Waals surface area contributed by atoms with Gasteiger partial charge in [0.05, 0.1) is 24.0 Å². The Kier molecular flexibility index (Phi) is 6.60. The van der Waals surface area contributed by atoms with E-state index in [-0.39, 0.29) is 0 Å². The van der Waals surface area contributed by atoms with Crippen LogP contribution in [0.2, 0.25) is 10.2 Å². The molecule has 0 unspecified atom stereocenters. The van der Waals surface area contributed by atoms with Crippen LogP contribution >= 0.6 is 23.2 Å². The Morgan fingerprint density at radius 3 is 2.03 bits per heavy atom. The standard InChI is InChI=1S/C25H20Cl2N4/c1-18-23(25(27)31(30-18)17-19-12-14-22(26)15-13-19)16-28-29-24(20-8-4-2-5-9-20)21-10-6-3-7-11-21/h2-16H,17H2,1H3. The number of hydrogen-bond donors (Lipinski definition) is 0. The van der Waals surface area contributed by atoms with E-state index >= 15 is 0 Å². The van der Waals surface area contributed by atoms with Crippen LogP contribution in [0.1, 0.15) is 27.9 Å². The van der Waals surface area contributed by atoms with Crippen LogP contribution in [-0.2, 0) is 6.54 Å². The third-order valence-corrected chi connectivity index (χ3v) is 5.44. The molecule has 0 spiro atoms. The van der Waals surface area contributed by atoms with Gasteiger partial charge in [-0.2, -0.15) is 10.2 Å². The lowest BCUT2D eigenvalue weighted by atomic mass is 10.0. The first-order chi connectivity index (χ1) is 15.1. The monoisotopic (exact) mass is 446 g/mol. The van der Waals surface area contributed by atoms with Gasteiger partial charge >= 0.3 is 0 Å². The Morgan fingerprint density at radius 1 is 0.871 bits per heavy atom. The average molecular weight is 447 g/mol. The van der Waals surface area contributed by atoms with E-state index in [9.17, 15) is 0 Å². The second kappa shape index (κ2) is 9.73. The zero-order valence-corrected chi connectivity index (χ0v) is 18.4. The second-order valence-corrected chi connectivity index (χ2v) is 7.79. The van der Waals surface area contributed by atoms with E-state index in [2.05, 4.69) is 15.3 Å². The van der Waals surface area contributed by atoms with E-state index < -0.39 is 0 Å². The molecule has 0 aliphatic heterocycles. The predicted molar refractivity (Wildman–Crippen MR) is 129 cm³/mol. The lowest BCUT2D eigenvalue weighted by Gasteiger charge is -2.05. The minimum Gasteiger partial charge on any atom is -0.249 e. The van der Waals surface area contributed by atoms with Crippen molar-refractivity contribution in [3.8, 4) is 0 Å². The summed E-state index contributed by atoms with van der Waals surface area (Å²) in [5, 5.41) is 14.7. The third-order valence-electron chi connectivity index (χ3n) is 4.79. The summed E-state index contributed by atoms with van der Waals surface area (Å²) in [5.41, 5.74) is 5.38. The molecule has 1 aromatic heterocycles. The van der Waals surface area contributed by atoms with E-state index in [1.165, 1.54) is 0 Å². The Labute approximate surface area is 191 Å². The maximum atomic E-state index is 6.59. The van der Waals surface area contributed by atoms with E-state index in [1.807, 2.05) is 91.9 Å². The summed E-state index contributed by atoms with van der Waals surface area (Å²) in [6, 6.07) is 27.6. The summed E-state index contributed by atoms with van der Waals surface area (Å²) in [6.07, 6.45) is 1.66. The molecule has 0 aliphatic rings. The molecule has 1 heterocycles. The molecule has 0 aliphatic carbocycles. The summed E-state index contributed by atoms with van der Waals surface area (Å²) >= 11 is 12.6. The van der Waals surface area contributed by atoms with Gasteiger partial charge in [-0.1, -0.05) is 96.0 Å². The number of nitrogens with zero attached hydrogens (tertiary/aromatic N) is 4. The van der Waals surface area contributed by atoms with Gasteiger partial charge in [-0.25, -0.2) is 4.68 Å². The van der Waals surface area contributed by atoms with Crippen LogP contribution in [0, 0.1) is 6.92 Å². The van der Waals surface area contributed by atoms with Crippen molar-refractivity contribution >= 4 is 35.1 Å². The van der Waals surface area contributed by atoms with Gasteiger partial charge < -0.3 is 0 Å². The first-order valence-electron chi connectivity index (χ1n) is 9.81. The van der Waals surface area contributed by atoms with Gasteiger partial charge in [0.1, 0.15) is 10.9 Å². The molecule has 0 bridgehead atoms. The Morgan fingerprint density at radius 2 is 1.45 bits per heavy atom. The molecule has 4 aromatic rings. The van der Waals surface area contributed by atoms with Gasteiger partial charge in [-0.3, -0.25) is 0 Å². The SMILES string of the molecule is Cc1nn(Cc2ccc(Cl)cc2)c(Cl)c1C=NN=C(c1ccccc1)c1ccccc1. The molecule has 0 saturated carbocycles. The van der Waals surface area contributed by atoms with Crippen LogP contribution in [0.25, 0.3) is 0 Å². The van der Waals surface area contributed by atoms with Gasteiger partial charge in [0.2, 0.25) is 0 Å². The molecule has 4 nitrogen and oxygen atoms in total. The van der Waals surface area contributed by atoms with Crippen LogP contribution < -0.4 is 0 Å². The van der Waals surface area contributed by atoms with Crippen molar-refractivity contribution in [2.24, 2.45) is 10.2 Å². The molecule has 0 fully saturated rings. The van der Waals surface area contributed by atoms with Crippen molar-refractivity contribution in [2.45, 2.75) is 13.5 Å². The summed E-state index contributed by atoms with van der Waals surface area (Å²) in [4.78, 5) is 0. The van der Waals surface area contributed by atoms with Gasteiger partial charge in [-0.05, 0) is 24.6 Å². The zero-order chi connectivity index (χ0) is 21.6. The normalized spacial score (nSPS) is 11.1. The maximum absolute atomic E-state index is 6.59. The summed E-state index contributed by atoms with van der Waals surface area (Å²) in [7, 11) is 0. The quantitative estimate of drug-likeness (QED) is 0.249. The largest absolute Gasteiger partial charge is 0.249 e. The first kappa shape index (κ1) is 21.0. The van der Waals surface area contributed by atoms with Crippen LogP contribution in [-0.4, -0.2) is 21.7 Å². The highest BCUT2D eigenvalue weighted by molar-refractivity contribution is 6.32. The summed E-state index contributed by atoms with van der Waals surface area (Å²) in [5.74, 6) is 0. The van der Waals surface area contributed by atoms with Crippen molar-refractivity contribution in [3.63, 3.8) is 0 Å². The minimum absolute atomic E-state index is 0.521. The summed E-state index contributed by atoms with van der Waals surface area (Å²) in [6.45, 7) is 2.46. The van der Waals surface area contributed by atoms with Crippen LogP contribution in [0.3, 0.4) is 0 Å². The highest BCUT2D eigenvalue weighted by Gasteiger charge is 2.12. The van der Waals surface area contributed by atoms with E-state index in [0.717, 1.165) is 33.7 Å². The lowest BCUT2D eigenvalue weighted by molar-refractivity contribution is 0.680. The van der Waals surface area contributed by atoms with Gasteiger partial charge in [-0.15, -0.1) is 5.10 Å². The minimum atomic E-state index is 0.521. The molecular formula is C25H20Cl2N4. The molecular weight excluding hydrogens is 427 g/mol. The third kappa shape index (κ3) is 5.10. The van der Waals surface area contributed by atoms with E-state index in [4.69, 9.17) is 23.2 Å². The van der Waals surface area contributed by atoms with Gasteiger partial charge in [0, 0.05) is 16.1 Å². The molecule has 0 atom stereocenters.